The van der Waals surface area contributed by atoms with Crippen molar-refractivity contribution in [1.82, 2.24) is 9.97 Å². The minimum atomic E-state index is -0.103. The average molecular weight is 259 g/mol. The standard InChI is InChI=1S/C14H17N3O2/c1-19-13(18)9-6-7-10(8-9)15-14-16-11-4-2-3-5-12(11)17-14/h2-5,9-10H,6-8H2,1H3,(H2,15,16,17)/t9-,10+/m0/s1. The van der Waals surface area contributed by atoms with E-state index in [-0.39, 0.29) is 17.9 Å². The quantitative estimate of drug-likeness (QED) is 0.830. The maximum Gasteiger partial charge on any atom is 0.308 e. The molecule has 1 aliphatic rings. The van der Waals surface area contributed by atoms with Gasteiger partial charge in [0.25, 0.3) is 0 Å². The lowest BCUT2D eigenvalue weighted by Crippen LogP contribution is -2.19. The Labute approximate surface area is 111 Å². The van der Waals surface area contributed by atoms with E-state index in [2.05, 4.69) is 15.3 Å². The SMILES string of the molecule is COC(=O)[C@H]1CC[C@@H](Nc2nc3ccccc3[nH]2)C1. The van der Waals surface area contributed by atoms with Crippen molar-refractivity contribution in [3.05, 3.63) is 24.3 Å². The van der Waals surface area contributed by atoms with Crippen molar-refractivity contribution in [1.29, 1.82) is 0 Å². The Morgan fingerprint density at radius 2 is 2.26 bits per heavy atom. The Kier molecular flexibility index (Phi) is 3.11. The van der Waals surface area contributed by atoms with Gasteiger partial charge >= 0.3 is 5.97 Å². The zero-order valence-corrected chi connectivity index (χ0v) is 10.8. The van der Waals surface area contributed by atoms with Crippen LogP contribution in [0.5, 0.6) is 0 Å². The van der Waals surface area contributed by atoms with E-state index < -0.39 is 0 Å². The highest BCUT2D eigenvalue weighted by atomic mass is 16.5. The van der Waals surface area contributed by atoms with Crippen LogP contribution in [0.4, 0.5) is 5.95 Å². The molecule has 2 atom stereocenters. The topological polar surface area (TPSA) is 67.0 Å². The number of nitrogens with one attached hydrogen (secondary N) is 2. The number of rotatable bonds is 3. The second-order valence-corrected chi connectivity index (χ2v) is 4.98. The molecule has 0 saturated heterocycles. The molecule has 3 rings (SSSR count). The van der Waals surface area contributed by atoms with Crippen LogP contribution in [0.2, 0.25) is 0 Å². The molecule has 2 N–H and O–H groups in total. The predicted molar refractivity (Wildman–Crippen MR) is 72.9 cm³/mol. The molecule has 0 spiro atoms. The van der Waals surface area contributed by atoms with Crippen molar-refractivity contribution < 1.29 is 9.53 Å². The van der Waals surface area contributed by atoms with E-state index in [9.17, 15) is 4.79 Å². The Hall–Kier alpha value is -2.04. The minimum absolute atomic E-state index is 0.0203. The lowest BCUT2D eigenvalue weighted by Gasteiger charge is -2.11. The number of H-pyrrole nitrogens is 1. The third-order valence-corrected chi connectivity index (χ3v) is 3.70. The summed E-state index contributed by atoms with van der Waals surface area (Å²) < 4.78 is 4.79. The highest BCUT2D eigenvalue weighted by Crippen LogP contribution is 2.28. The van der Waals surface area contributed by atoms with Gasteiger partial charge in [0.1, 0.15) is 0 Å². The van der Waals surface area contributed by atoms with Crippen molar-refractivity contribution >= 4 is 23.0 Å². The number of imidazole rings is 1. The van der Waals surface area contributed by atoms with E-state index in [0.29, 0.717) is 0 Å². The summed E-state index contributed by atoms with van der Waals surface area (Å²) in [7, 11) is 1.45. The van der Waals surface area contributed by atoms with Gasteiger partial charge in [-0.2, -0.15) is 0 Å². The van der Waals surface area contributed by atoms with Crippen LogP contribution in [0.3, 0.4) is 0 Å². The molecule has 1 aromatic heterocycles. The van der Waals surface area contributed by atoms with Gasteiger partial charge in [-0.15, -0.1) is 0 Å². The fourth-order valence-electron chi connectivity index (χ4n) is 2.71. The minimum Gasteiger partial charge on any atom is -0.469 e. The highest BCUT2D eigenvalue weighted by Gasteiger charge is 2.30. The normalized spacial score (nSPS) is 22.6. The summed E-state index contributed by atoms with van der Waals surface area (Å²) >= 11 is 0. The molecule has 5 nitrogen and oxygen atoms in total. The zero-order valence-electron chi connectivity index (χ0n) is 10.8. The summed E-state index contributed by atoms with van der Waals surface area (Å²) in [6.07, 6.45) is 2.66. The fourth-order valence-corrected chi connectivity index (χ4v) is 2.71. The predicted octanol–water partition coefficient (Wildman–Crippen LogP) is 2.32. The first-order valence-corrected chi connectivity index (χ1v) is 6.55. The summed E-state index contributed by atoms with van der Waals surface area (Å²) in [5.41, 5.74) is 1.97. The van der Waals surface area contributed by atoms with E-state index in [0.717, 1.165) is 36.2 Å². The molecule has 0 aliphatic heterocycles. The number of benzene rings is 1. The molecule has 0 amide bonds. The van der Waals surface area contributed by atoms with Crippen LogP contribution in [0.1, 0.15) is 19.3 Å². The van der Waals surface area contributed by atoms with Crippen molar-refractivity contribution in [3.63, 3.8) is 0 Å². The second-order valence-electron chi connectivity index (χ2n) is 4.98. The average Bonchev–Trinajstić information content (AvgIpc) is 3.04. The van der Waals surface area contributed by atoms with Crippen LogP contribution in [0.15, 0.2) is 24.3 Å². The Balaban J connectivity index is 1.67. The van der Waals surface area contributed by atoms with Gasteiger partial charge < -0.3 is 15.0 Å². The lowest BCUT2D eigenvalue weighted by molar-refractivity contribution is -0.145. The van der Waals surface area contributed by atoms with Gasteiger partial charge in [-0.05, 0) is 31.4 Å². The summed E-state index contributed by atoms with van der Waals surface area (Å²) in [4.78, 5) is 19.2. The Morgan fingerprint density at radius 1 is 1.42 bits per heavy atom. The summed E-state index contributed by atoms with van der Waals surface area (Å²) in [5.74, 6) is 0.692. The van der Waals surface area contributed by atoms with Crippen molar-refractivity contribution in [2.24, 2.45) is 5.92 Å². The molecule has 100 valence electrons. The maximum atomic E-state index is 11.5. The van der Waals surface area contributed by atoms with E-state index in [1.165, 1.54) is 7.11 Å². The molecule has 1 heterocycles. The Morgan fingerprint density at radius 3 is 3.05 bits per heavy atom. The number of para-hydroxylation sites is 2. The molecule has 19 heavy (non-hydrogen) atoms. The number of fused-ring (bicyclic) bond motifs is 1. The van der Waals surface area contributed by atoms with Crippen molar-refractivity contribution in [3.8, 4) is 0 Å². The smallest absolute Gasteiger partial charge is 0.308 e. The third-order valence-electron chi connectivity index (χ3n) is 3.70. The van der Waals surface area contributed by atoms with Crippen LogP contribution in [-0.2, 0) is 9.53 Å². The van der Waals surface area contributed by atoms with Gasteiger partial charge in [0.15, 0.2) is 0 Å². The number of hydrogen-bond donors (Lipinski definition) is 2. The van der Waals surface area contributed by atoms with E-state index >= 15 is 0 Å². The molecule has 1 fully saturated rings. The Bertz CT molecular complexity index is 560. The van der Waals surface area contributed by atoms with Crippen LogP contribution < -0.4 is 5.32 Å². The number of aromatic amines is 1. The first kappa shape index (κ1) is 12.0. The number of esters is 1. The summed E-state index contributed by atoms with van der Waals surface area (Å²) in [6, 6.07) is 8.20. The second kappa shape index (κ2) is 4.91. The first-order chi connectivity index (χ1) is 9.26. The highest BCUT2D eigenvalue weighted by molar-refractivity contribution is 5.77. The van der Waals surface area contributed by atoms with Crippen LogP contribution in [-0.4, -0.2) is 29.1 Å². The zero-order chi connectivity index (χ0) is 13.2. The van der Waals surface area contributed by atoms with Crippen LogP contribution in [0.25, 0.3) is 11.0 Å². The number of ether oxygens (including phenoxy) is 1. The van der Waals surface area contributed by atoms with Crippen molar-refractivity contribution in [2.45, 2.75) is 25.3 Å². The number of nitrogens with zero attached hydrogens (tertiary/aromatic N) is 1. The molecule has 2 aromatic rings. The van der Waals surface area contributed by atoms with Gasteiger partial charge in [-0.1, -0.05) is 12.1 Å². The largest absolute Gasteiger partial charge is 0.469 e. The molecular weight excluding hydrogens is 242 g/mol. The van der Waals surface area contributed by atoms with E-state index in [1.807, 2.05) is 24.3 Å². The van der Waals surface area contributed by atoms with Crippen LogP contribution in [0, 0.1) is 5.92 Å². The molecule has 1 saturated carbocycles. The third kappa shape index (κ3) is 2.41. The van der Waals surface area contributed by atoms with E-state index in [4.69, 9.17) is 4.74 Å². The lowest BCUT2D eigenvalue weighted by atomic mass is 10.1. The molecule has 1 aromatic carbocycles. The number of aromatic nitrogens is 2. The van der Waals surface area contributed by atoms with Gasteiger partial charge in [-0.3, -0.25) is 4.79 Å². The molecule has 5 heteroatoms. The molecular formula is C14H17N3O2. The summed E-state index contributed by atoms with van der Waals surface area (Å²) in [6.45, 7) is 0. The van der Waals surface area contributed by atoms with Gasteiger partial charge in [-0.25, -0.2) is 4.98 Å². The van der Waals surface area contributed by atoms with Crippen LogP contribution >= 0.6 is 0 Å². The molecule has 0 bridgehead atoms. The first-order valence-electron chi connectivity index (χ1n) is 6.55. The number of hydrogen-bond acceptors (Lipinski definition) is 4. The van der Waals surface area contributed by atoms with Crippen molar-refractivity contribution in [2.75, 3.05) is 12.4 Å². The summed E-state index contributed by atoms with van der Waals surface area (Å²) in [5, 5.41) is 3.36. The number of methoxy groups -OCH3 is 1. The van der Waals surface area contributed by atoms with E-state index in [1.54, 1.807) is 0 Å². The molecule has 0 unspecified atom stereocenters. The number of carbonyl (C=O) groups excluding carboxylic acids is 1. The number of anilines is 1. The maximum absolute atomic E-state index is 11.5. The van der Waals surface area contributed by atoms with Gasteiger partial charge in [0.2, 0.25) is 5.95 Å². The molecule has 0 radical (unpaired) electrons. The van der Waals surface area contributed by atoms with Gasteiger partial charge in [0.05, 0.1) is 24.1 Å². The fraction of sp³-hybridized carbons (Fsp3) is 0.429. The number of carbonyl (C=O) groups is 1. The molecule has 1 aliphatic carbocycles. The van der Waals surface area contributed by atoms with Gasteiger partial charge in [0, 0.05) is 6.04 Å². The monoisotopic (exact) mass is 259 g/mol.